The summed E-state index contributed by atoms with van der Waals surface area (Å²) in [6, 6.07) is 5.76. The minimum absolute atomic E-state index is 0.148. The number of carbonyl (C=O) groups is 1. The van der Waals surface area contributed by atoms with Crippen molar-refractivity contribution in [2.75, 3.05) is 5.32 Å². The Morgan fingerprint density at radius 3 is 2.95 bits per heavy atom. The molecule has 0 fully saturated rings. The van der Waals surface area contributed by atoms with E-state index in [4.69, 9.17) is 4.52 Å². The van der Waals surface area contributed by atoms with Gasteiger partial charge in [0.25, 0.3) is 0 Å². The highest BCUT2D eigenvalue weighted by atomic mass is 32.1. The van der Waals surface area contributed by atoms with E-state index in [1.807, 2.05) is 32.0 Å². The topological polar surface area (TPSA) is 80.9 Å². The molecule has 7 heteroatoms. The number of aryl methyl sites for hydroxylation is 2. The van der Waals surface area contributed by atoms with Crippen molar-refractivity contribution in [3.8, 4) is 0 Å². The van der Waals surface area contributed by atoms with E-state index in [9.17, 15) is 4.79 Å². The van der Waals surface area contributed by atoms with Crippen LogP contribution < -0.4 is 5.32 Å². The predicted octanol–water partition coefficient (Wildman–Crippen LogP) is 2.48. The average molecular weight is 288 g/mol. The van der Waals surface area contributed by atoms with Crippen molar-refractivity contribution in [3.05, 3.63) is 34.5 Å². The first kappa shape index (κ1) is 12.7. The van der Waals surface area contributed by atoms with E-state index in [-0.39, 0.29) is 12.3 Å². The van der Waals surface area contributed by atoms with Gasteiger partial charge in [0, 0.05) is 5.39 Å². The Kier molecular flexibility index (Phi) is 3.19. The third-order valence-electron chi connectivity index (χ3n) is 2.80. The van der Waals surface area contributed by atoms with Gasteiger partial charge in [-0.3, -0.25) is 4.79 Å². The Balaban J connectivity index is 1.79. The molecule has 1 amide bonds. The molecule has 2 aromatic heterocycles. The van der Waals surface area contributed by atoms with Crippen LogP contribution in [0.3, 0.4) is 0 Å². The molecule has 20 heavy (non-hydrogen) atoms. The highest BCUT2D eigenvalue weighted by molar-refractivity contribution is 7.15. The molecular weight excluding hydrogens is 276 g/mol. The van der Waals surface area contributed by atoms with Crippen molar-refractivity contribution in [2.24, 2.45) is 0 Å². The summed E-state index contributed by atoms with van der Waals surface area (Å²) in [6.45, 7) is 3.82. The summed E-state index contributed by atoms with van der Waals surface area (Å²) in [5.74, 6) is -0.183. The number of amides is 1. The second-order valence-electron chi connectivity index (χ2n) is 4.48. The molecule has 0 saturated heterocycles. The molecule has 0 atom stereocenters. The fraction of sp³-hybridized carbons (Fsp3) is 0.231. The number of nitrogens with zero attached hydrogens (tertiary/aromatic N) is 3. The number of rotatable bonds is 3. The Labute approximate surface area is 118 Å². The summed E-state index contributed by atoms with van der Waals surface area (Å²) in [6.07, 6.45) is 0.148. The van der Waals surface area contributed by atoms with Crippen molar-refractivity contribution >= 4 is 33.3 Å². The third-order valence-corrected chi connectivity index (χ3v) is 3.55. The van der Waals surface area contributed by atoms with Gasteiger partial charge in [-0.25, -0.2) is 0 Å². The molecule has 0 unspecified atom stereocenters. The Bertz CT molecular complexity index is 778. The summed E-state index contributed by atoms with van der Waals surface area (Å²) in [7, 11) is 0. The van der Waals surface area contributed by atoms with Crippen molar-refractivity contribution < 1.29 is 9.32 Å². The van der Waals surface area contributed by atoms with Crippen molar-refractivity contribution in [1.82, 2.24) is 15.4 Å². The van der Waals surface area contributed by atoms with Crippen LogP contribution >= 0.6 is 11.3 Å². The van der Waals surface area contributed by atoms with Gasteiger partial charge in [-0.1, -0.05) is 28.1 Å². The second-order valence-corrected chi connectivity index (χ2v) is 5.66. The van der Waals surface area contributed by atoms with Crippen LogP contribution in [0, 0.1) is 13.8 Å². The van der Waals surface area contributed by atoms with Gasteiger partial charge in [0.05, 0.1) is 6.42 Å². The van der Waals surface area contributed by atoms with E-state index in [1.165, 1.54) is 11.3 Å². The molecule has 1 aromatic carbocycles. The standard InChI is InChI=1S/C13H12N4O2S/c1-7-3-4-11-9(5-7)10(17-19-11)6-12(18)14-13-16-15-8(2)20-13/h3-5H,6H2,1-2H3,(H,14,16,18). The molecule has 0 spiro atoms. The molecule has 3 rings (SSSR count). The molecule has 102 valence electrons. The van der Waals surface area contributed by atoms with E-state index in [2.05, 4.69) is 20.7 Å². The molecule has 0 aliphatic rings. The number of hydrogen-bond donors (Lipinski definition) is 1. The van der Waals surface area contributed by atoms with E-state index in [1.54, 1.807) is 0 Å². The van der Waals surface area contributed by atoms with E-state index in [0.29, 0.717) is 16.4 Å². The normalized spacial score (nSPS) is 10.9. The number of hydrogen-bond acceptors (Lipinski definition) is 6. The highest BCUT2D eigenvalue weighted by Gasteiger charge is 2.14. The zero-order valence-corrected chi connectivity index (χ0v) is 11.8. The van der Waals surface area contributed by atoms with Gasteiger partial charge >= 0.3 is 0 Å². The second kappa shape index (κ2) is 5.01. The maximum atomic E-state index is 12.0. The summed E-state index contributed by atoms with van der Waals surface area (Å²) in [5, 5.41) is 16.5. The maximum absolute atomic E-state index is 12.0. The molecule has 2 heterocycles. The van der Waals surface area contributed by atoms with Crippen LogP contribution in [0.15, 0.2) is 22.7 Å². The van der Waals surface area contributed by atoms with Crippen LogP contribution in [-0.2, 0) is 11.2 Å². The number of benzene rings is 1. The number of fused-ring (bicyclic) bond motifs is 1. The van der Waals surface area contributed by atoms with Gasteiger partial charge in [-0.05, 0) is 26.0 Å². The van der Waals surface area contributed by atoms with Crippen molar-refractivity contribution in [1.29, 1.82) is 0 Å². The van der Waals surface area contributed by atoms with Crippen molar-refractivity contribution in [3.63, 3.8) is 0 Å². The first-order chi connectivity index (χ1) is 9.61. The maximum Gasteiger partial charge on any atom is 0.232 e. The minimum Gasteiger partial charge on any atom is -0.356 e. The van der Waals surface area contributed by atoms with Crippen molar-refractivity contribution in [2.45, 2.75) is 20.3 Å². The first-order valence-corrected chi connectivity index (χ1v) is 6.88. The number of aromatic nitrogens is 3. The lowest BCUT2D eigenvalue weighted by Gasteiger charge is -1.98. The smallest absolute Gasteiger partial charge is 0.232 e. The Morgan fingerprint density at radius 1 is 1.35 bits per heavy atom. The van der Waals surface area contributed by atoms with Gasteiger partial charge in [0.2, 0.25) is 11.0 Å². The zero-order chi connectivity index (χ0) is 14.1. The van der Waals surface area contributed by atoms with Gasteiger partial charge in [-0.2, -0.15) is 0 Å². The average Bonchev–Trinajstić information content (AvgIpc) is 2.97. The monoisotopic (exact) mass is 288 g/mol. The SMILES string of the molecule is Cc1ccc2onc(CC(=O)Nc3nnc(C)s3)c2c1. The third kappa shape index (κ3) is 2.53. The van der Waals surface area contributed by atoms with Crippen LogP contribution in [0.25, 0.3) is 11.0 Å². The van der Waals surface area contributed by atoms with E-state index < -0.39 is 0 Å². The summed E-state index contributed by atoms with van der Waals surface area (Å²) in [4.78, 5) is 12.0. The molecule has 0 bridgehead atoms. The lowest BCUT2D eigenvalue weighted by molar-refractivity contribution is -0.115. The zero-order valence-electron chi connectivity index (χ0n) is 11.0. The summed E-state index contributed by atoms with van der Waals surface area (Å²) in [5.41, 5.74) is 2.41. The number of carbonyl (C=O) groups excluding carboxylic acids is 1. The molecule has 0 aliphatic heterocycles. The lowest BCUT2D eigenvalue weighted by atomic mass is 10.1. The van der Waals surface area contributed by atoms with E-state index in [0.717, 1.165) is 16.0 Å². The largest absolute Gasteiger partial charge is 0.356 e. The van der Waals surface area contributed by atoms with Crippen LogP contribution in [0.2, 0.25) is 0 Å². The van der Waals surface area contributed by atoms with Crippen LogP contribution in [-0.4, -0.2) is 21.3 Å². The molecule has 6 nitrogen and oxygen atoms in total. The molecule has 0 radical (unpaired) electrons. The molecule has 0 saturated carbocycles. The lowest BCUT2D eigenvalue weighted by Crippen LogP contribution is -2.14. The van der Waals surface area contributed by atoms with Gasteiger partial charge in [0.15, 0.2) is 5.58 Å². The molecule has 1 N–H and O–H groups in total. The van der Waals surface area contributed by atoms with Crippen LogP contribution in [0.4, 0.5) is 5.13 Å². The number of nitrogens with one attached hydrogen (secondary N) is 1. The quantitative estimate of drug-likeness (QED) is 0.800. The highest BCUT2D eigenvalue weighted by Crippen LogP contribution is 2.21. The Hall–Kier alpha value is -2.28. The fourth-order valence-corrected chi connectivity index (χ4v) is 2.50. The molecule has 3 aromatic rings. The molecule has 0 aliphatic carbocycles. The van der Waals surface area contributed by atoms with Gasteiger partial charge in [0.1, 0.15) is 10.7 Å². The van der Waals surface area contributed by atoms with Gasteiger partial charge in [-0.15, -0.1) is 10.2 Å². The van der Waals surface area contributed by atoms with Crippen LogP contribution in [0.1, 0.15) is 16.3 Å². The summed E-state index contributed by atoms with van der Waals surface area (Å²) >= 11 is 1.34. The van der Waals surface area contributed by atoms with Crippen LogP contribution in [0.5, 0.6) is 0 Å². The van der Waals surface area contributed by atoms with E-state index >= 15 is 0 Å². The van der Waals surface area contributed by atoms with Gasteiger partial charge < -0.3 is 9.84 Å². The fourth-order valence-electron chi connectivity index (χ4n) is 1.89. The number of anilines is 1. The summed E-state index contributed by atoms with van der Waals surface area (Å²) < 4.78 is 5.20. The minimum atomic E-state index is -0.183. The molecular formula is C13H12N4O2S. The Morgan fingerprint density at radius 2 is 2.20 bits per heavy atom. The first-order valence-electron chi connectivity index (χ1n) is 6.07. The predicted molar refractivity (Wildman–Crippen MR) is 75.7 cm³/mol.